The Balaban J connectivity index is 2.49. The van der Waals surface area contributed by atoms with E-state index in [2.05, 4.69) is 9.53 Å². The van der Waals surface area contributed by atoms with Gasteiger partial charge in [0.1, 0.15) is 6.61 Å². The molecule has 0 aliphatic heterocycles. The molecule has 62 valence electrons. The number of benzene rings is 1. The monoisotopic (exact) mass is 164 g/mol. The van der Waals surface area contributed by atoms with Crippen LogP contribution in [0.3, 0.4) is 0 Å². The van der Waals surface area contributed by atoms with E-state index in [4.69, 9.17) is 10.6 Å². The first-order chi connectivity index (χ1) is 5.83. The van der Waals surface area contributed by atoms with Crippen molar-refractivity contribution in [1.82, 2.24) is 0 Å². The maximum absolute atomic E-state index is 8.60. The molecule has 0 unspecified atom stereocenters. The molecule has 0 amide bonds. The third-order valence-electron chi connectivity index (χ3n) is 1.30. The van der Waals surface area contributed by atoms with E-state index >= 15 is 0 Å². The summed E-state index contributed by atoms with van der Waals surface area (Å²) in [7, 11) is 0. The SMILES string of the molecule is [N-]=[N+]=C(O)OCc1ccccc1. The second kappa shape index (κ2) is 4.16. The fourth-order valence-electron chi connectivity index (χ4n) is 0.751. The molecule has 0 radical (unpaired) electrons. The maximum Gasteiger partial charge on any atom is 0.664 e. The molecule has 0 spiro atoms. The van der Waals surface area contributed by atoms with Gasteiger partial charge in [-0.3, -0.25) is 0 Å². The van der Waals surface area contributed by atoms with Crippen LogP contribution in [0, 0.1) is 0 Å². The molecule has 0 bridgehead atoms. The van der Waals surface area contributed by atoms with Crippen molar-refractivity contribution in [2.45, 2.75) is 6.61 Å². The molecule has 1 N–H and O–H groups in total. The summed E-state index contributed by atoms with van der Waals surface area (Å²) in [5, 5.41) is 8.60. The van der Waals surface area contributed by atoms with Gasteiger partial charge < -0.3 is 15.4 Å². The molecule has 0 atom stereocenters. The zero-order valence-electron chi connectivity index (χ0n) is 6.34. The number of hydrogen-bond donors (Lipinski definition) is 1. The summed E-state index contributed by atoms with van der Waals surface area (Å²) >= 11 is 0. The first-order valence-corrected chi connectivity index (χ1v) is 3.40. The van der Waals surface area contributed by atoms with Gasteiger partial charge in [0.25, 0.3) is 0 Å². The molecule has 0 aliphatic rings. The topological polar surface area (TPSA) is 65.9 Å². The van der Waals surface area contributed by atoms with Crippen molar-refractivity contribution in [3.05, 3.63) is 41.4 Å². The Morgan fingerprint density at radius 3 is 2.67 bits per heavy atom. The Bertz CT molecular complexity index is 291. The summed E-state index contributed by atoms with van der Waals surface area (Å²) in [6, 6.07) is 9.26. The average Bonchev–Trinajstić information content (AvgIpc) is 2.16. The molecule has 1 aromatic rings. The van der Waals surface area contributed by atoms with Crippen molar-refractivity contribution in [2.75, 3.05) is 0 Å². The zero-order valence-corrected chi connectivity index (χ0v) is 6.34. The first kappa shape index (κ1) is 8.30. The van der Waals surface area contributed by atoms with Crippen LogP contribution in [0.2, 0.25) is 0 Å². The van der Waals surface area contributed by atoms with Crippen LogP contribution in [0.4, 0.5) is 0 Å². The lowest BCUT2D eigenvalue weighted by Gasteiger charge is -1.96. The van der Waals surface area contributed by atoms with Crippen molar-refractivity contribution >= 4 is 6.08 Å². The summed E-state index contributed by atoms with van der Waals surface area (Å²) in [6.07, 6.45) is -0.723. The minimum Gasteiger partial charge on any atom is -0.417 e. The molecular formula is C8H8N2O2. The Morgan fingerprint density at radius 1 is 1.42 bits per heavy atom. The highest BCUT2D eigenvalue weighted by molar-refractivity contribution is 5.56. The van der Waals surface area contributed by atoms with Gasteiger partial charge in [-0.05, 0) is 5.56 Å². The molecule has 0 aromatic heterocycles. The van der Waals surface area contributed by atoms with Crippen LogP contribution in [0.25, 0.3) is 5.53 Å². The summed E-state index contributed by atoms with van der Waals surface area (Å²) in [4.78, 5) is 2.45. The van der Waals surface area contributed by atoms with E-state index in [1.54, 1.807) is 0 Å². The van der Waals surface area contributed by atoms with Crippen LogP contribution in [0.15, 0.2) is 30.3 Å². The summed E-state index contributed by atoms with van der Waals surface area (Å²) in [5.74, 6) is 0. The van der Waals surface area contributed by atoms with Crippen molar-refractivity contribution in [1.29, 1.82) is 0 Å². The van der Waals surface area contributed by atoms with Gasteiger partial charge in [0.2, 0.25) is 0 Å². The van der Waals surface area contributed by atoms with E-state index in [1.807, 2.05) is 30.3 Å². The van der Waals surface area contributed by atoms with Crippen LogP contribution in [-0.2, 0) is 11.3 Å². The fraction of sp³-hybridized carbons (Fsp3) is 0.125. The number of nitrogens with zero attached hydrogens (tertiary/aromatic N) is 2. The van der Waals surface area contributed by atoms with Crippen LogP contribution in [0.1, 0.15) is 5.56 Å². The van der Waals surface area contributed by atoms with Gasteiger partial charge in [0, 0.05) is 0 Å². The van der Waals surface area contributed by atoms with Crippen LogP contribution in [-0.4, -0.2) is 16.0 Å². The summed E-state index contributed by atoms with van der Waals surface area (Å²) < 4.78 is 4.63. The normalized spacial score (nSPS) is 8.67. The van der Waals surface area contributed by atoms with Crippen molar-refractivity contribution in [3.8, 4) is 0 Å². The Labute approximate surface area is 69.7 Å². The second-order valence-electron chi connectivity index (χ2n) is 2.16. The molecule has 12 heavy (non-hydrogen) atoms. The van der Waals surface area contributed by atoms with E-state index in [9.17, 15) is 0 Å². The first-order valence-electron chi connectivity index (χ1n) is 3.40. The number of hydrogen-bond acceptors (Lipinski definition) is 1. The van der Waals surface area contributed by atoms with Crippen molar-refractivity contribution in [2.24, 2.45) is 0 Å². The molecule has 1 aromatic carbocycles. The predicted molar refractivity (Wildman–Crippen MR) is 42.5 cm³/mol. The smallest absolute Gasteiger partial charge is 0.417 e. The summed E-state index contributed by atoms with van der Waals surface area (Å²) in [5.41, 5.74) is 8.92. The highest BCUT2D eigenvalue weighted by atomic mass is 16.6. The molecule has 0 saturated heterocycles. The largest absolute Gasteiger partial charge is 0.664 e. The molecule has 1 rings (SSSR count). The Hall–Kier alpha value is -1.80. The highest BCUT2D eigenvalue weighted by Gasteiger charge is 2.02. The van der Waals surface area contributed by atoms with Crippen LogP contribution < -0.4 is 0 Å². The minimum absolute atomic E-state index is 0.191. The molecule has 4 heteroatoms. The van der Waals surface area contributed by atoms with E-state index < -0.39 is 6.08 Å². The molecule has 0 aliphatic carbocycles. The van der Waals surface area contributed by atoms with E-state index in [0.717, 1.165) is 5.56 Å². The molecule has 0 saturated carbocycles. The quantitative estimate of drug-likeness (QED) is 0.310. The number of aliphatic hydroxyl groups is 1. The van der Waals surface area contributed by atoms with Crippen LogP contribution in [0.5, 0.6) is 0 Å². The van der Waals surface area contributed by atoms with Gasteiger partial charge in [-0.1, -0.05) is 35.1 Å². The van der Waals surface area contributed by atoms with Gasteiger partial charge in [-0.15, -0.1) is 0 Å². The van der Waals surface area contributed by atoms with Gasteiger partial charge in [0.15, 0.2) is 0 Å². The second-order valence-corrected chi connectivity index (χ2v) is 2.16. The highest BCUT2D eigenvalue weighted by Crippen LogP contribution is 1.99. The fourth-order valence-corrected chi connectivity index (χ4v) is 0.751. The van der Waals surface area contributed by atoms with E-state index in [-0.39, 0.29) is 6.61 Å². The number of rotatable bonds is 2. The number of ether oxygens (including phenoxy) is 1. The lowest BCUT2D eigenvalue weighted by molar-refractivity contribution is -0.0775. The van der Waals surface area contributed by atoms with E-state index in [1.165, 1.54) is 0 Å². The number of aliphatic hydroxyl groups excluding tert-OH is 1. The zero-order chi connectivity index (χ0) is 8.81. The standard InChI is InChI=1S/C8H8N2O2/c9-10-8(11)12-6-7-4-2-1-3-5-7/h1-5,11H,6H2. The van der Waals surface area contributed by atoms with E-state index in [0.29, 0.717) is 0 Å². The molecular weight excluding hydrogens is 156 g/mol. The van der Waals surface area contributed by atoms with Gasteiger partial charge >= 0.3 is 6.08 Å². The third kappa shape index (κ3) is 2.44. The Kier molecular flexibility index (Phi) is 2.87. The molecule has 0 fully saturated rings. The van der Waals surface area contributed by atoms with Gasteiger partial charge in [0.05, 0.1) is 0 Å². The maximum atomic E-state index is 8.60. The molecule has 0 heterocycles. The predicted octanol–water partition coefficient (Wildman–Crippen LogP) is 1.35. The molecule has 4 nitrogen and oxygen atoms in total. The lowest BCUT2D eigenvalue weighted by Crippen LogP contribution is -2.03. The lowest BCUT2D eigenvalue weighted by atomic mass is 10.2. The minimum atomic E-state index is -0.723. The summed E-state index contributed by atoms with van der Waals surface area (Å²) in [6.45, 7) is 0.191. The Morgan fingerprint density at radius 2 is 2.08 bits per heavy atom. The third-order valence-corrected chi connectivity index (χ3v) is 1.30. The van der Waals surface area contributed by atoms with Crippen LogP contribution >= 0.6 is 0 Å². The van der Waals surface area contributed by atoms with Crippen molar-refractivity contribution in [3.63, 3.8) is 0 Å². The van der Waals surface area contributed by atoms with Crippen molar-refractivity contribution < 1.29 is 14.6 Å². The van der Waals surface area contributed by atoms with Gasteiger partial charge in [-0.2, -0.15) is 0 Å². The average molecular weight is 164 g/mol. The van der Waals surface area contributed by atoms with Gasteiger partial charge in [-0.25, -0.2) is 0 Å².